The summed E-state index contributed by atoms with van der Waals surface area (Å²) in [4.78, 5) is 0. The largest absolute Gasteiger partial charge is 0.640 e. The second-order valence-electron chi connectivity index (χ2n) is 16.4. The number of rotatable bonds is 16. The Morgan fingerprint density at radius 3 is 1.76 bits per heavy atom. The summed E-state index contributed by atoms with van der Waals surface area (Å²) in [5.41, 5.74) is 8.17. The van der Waals surface area contributed by atoms with Crippen LogP contribution < -0.4 is 4.74 Å². The normalized spacial score (nSPS) is 13.6. The Morgan fingerprint density at radius 2 is 1.28 bits per heavy atom. The Kier molecular flexibility index (Phi) is 12.2. The zero-order valence-electron chi connectivity index (χ0n) is 31.5. The molecule has 0 heterocycles. The van der Waals surface area contributed by atoms with Crippen molar-refractivity contribution in [2.24, 2.45) is 38.1 Å². The van der Waals surface area contributed by atoms with Gasteiger partial charge >= 0.3 is 7.32 Å². The number of benzene rings is 2. The smallest absolute Gasteiger partial charge is 0.457 e. The summed E-state index contributed by atoms with van der Waals surface area (Å²) in [6.07, 6.45) is -0.148. The highest BCUT2D eigenvalue weighted by Crippen LogP contribution is 2.67. The molecule has 0 aromatic heterocycles. The van der Waals surface area contributed by atoms with Crippen LogP contribution in [-0.2, 0) is 20.6 Å². The van der Waals surface area contributed by atoms with Crippen LogP contribution >= 0.6 is 0 Å². The summed E-state index contributed by atoms with van der Waals surface area (Å²) >= 11 is 0. The first-order valence-corrected chi connectivity index (χ1v) is 16.5. The van der Waals surface area contributed by atoms with Gasteiger partial charge in [0.15, 0.2) is 0 Å². The van der Waals surface area contributed by atoms with E-state index in [-0.39, 0.29) is 39.8 Å². The molecule has 46 heavy (non-hydrogen) atoms. The van der Waals surface area contributed by atoms with Gasteiger partial charge in [-0.25, -0.2) is 5.53 Å². The van der Waals surface area contributed by atoms with E-state index < -0.39 is 12.9 Å². The molecule has 0 atom stereocenters. The average Bonchev–Trinajstić information content (AvgIpc) is 2.95. The predicted molar refractivity (Wildman–Crippen MR) is 188 cm³/mol. The number of nitriles is 1. The van der Waals surface area contributed by atoms with Crippen molar-refractivity contribution in [1.82, 2.24) is 0 Å². The molecule has 0 spiro atoms. The molecule has 0 radical (unpaired) electrons. The minimum Gasteiger partial charge on any atom is -0.457 e. The van der Waals surface area contributed by atoms with Crippen molar-refractivity contribution >= 4 is 13.0 Å². The van der Waals surface area contributed by atoms with Gasteiger partial charge < -0.3 is 18.7 Å². The van der Waals surface area contributed by atoms with E-state index in [2.05, 4.69) is 108 Å². The minimum absolute atomic E-state index is 0.0175. The molecule has 0 aliphatic rings. The quantitative estimate of drug-likeness (QED) is 0.146. The van der Waals surface area contributed by atoms with Crippen molar-refractivity contribution in [2.75, 3.05) is 0 Å². The standard InChI is InChI=1S/C38H60BN3O4/c1-26(2)33(5,6)34(7,8)35(9,10)36(11,12)37(13,14)38(15,16)46-39(45-27(3)4)43-25-29-23-31(21-22-32(29)42-41)44-30-19-17-28(24-40)18-20-30/h17-23,26-27,41H,25H2,1-16H3. The summed E-state index contributed by atoms with van der Waals surface area (Å²) in [6.45, 7) is 36.7. The van der Waals surface area contributed by atoms with Gasteiger partial charge in [0.2, 0.25) is 0 Å². The summed E-state index contributed by atoms with van der Waals surface area (Å²) in [5.74, 6) is 1.67. The molecule has 0 aliphatic heterocycles. The molecule has 7 nitrogen and oxygen atoms in total. The average molecular weight is 634 g/mol. The van der Waals surface area contributed by atoms with Crippen molar-refractivity contribution in [3.8, 4) is 17.6 Å². The first-order valence-electron chi connectivity index (χ1n) is 16.5. The Hall–Kier alpha value is -2.73. The molecular weight excluding hydrogens is 573 g/mol. The Labute approximate surface area is 280 Å². The van der Waals surface area contributed by atoms with E-state index in [1.165, 1.54) is 0 Å². The monoisotopic (exact) mass is 633 g/mol. The molecule has 0 amide bonds. The lowest BCUT2D eigenvalue weighted by atomic mass is 9.39. The number of hydrogen-bond donors (Lipinski definition) is 1. The molecule has 0 saturated carbocycles. The molecular formula is C38H60BN3O4. The molecule has 2 aromatic carbocycles. The van der Waals surface area contributed by atoms with Crippen LogP contribution in [0, 0.1) is 49.9 Å². The second kappa shape index (κ2) is 14.2. The number of nitrogens with zero attached hydrogens (tertiary/aromatic N) is 2. The fourth-order valence-electron chi connectivity index (χ4n) is 6.29. The van der Waals surface area contributed by atoms with Crippen molar-refractivity contribution < 1.29 is 18.7 Å². The molecule has 2 aromatic rings. The fraction of sp³-hybridized carbons (Fsp3) is 0.658. The van der Waals surface area contributed by atoms with Crippen molar-refractivity contribution in [3.63, 3.8) is 0 Å². The third-order valence-electron chi connectivity index (χ3n) is 12.8. The van der Waals surface area contributed by atoms with Crippen LogP contribution in [0.25, 0.3) is 0 Å². The van der Waals surface area contributed by atoms with Gasteiger partial charge in [0, 0.05) is 11.7 Å². The highest BCUT2D eigenvalue weighted by molar-refractivity contribution is 6.36. The van der Waals surface area contributed by atoms with E-state index in [0.717, 1.165) is 0 Å². The maximum absolute atomic E-state index is 9.09. The van der Waals surface area contributed by atoms with E-state index in [9.17, 15) is 0 Å². The second-order valence-corrected chi connectivity index (χ2v) is 16.4. The van der Waals surface area contributed by atoms with Gasteiger partial charge in [0.05, 0.1) is 29.5 Å². The Morgan fingerprint density at radius 1 is 0.761 bits per heavy atom. The van der Waals surface area contributed by atoms with Crippen LogP contribution in [0.5, 0.6) is 11.5 Å². The molecule has 2 rings (SSSR count). The lowest BCUT2D eigenvalue weighted by Gasteiger charge is -2.66. The molecule has 0 saturated heterocycles. The molecule has 1 N–H and O–H groups in total. The number of nitrogens with one attached hydrogen (secondary N) is 1. The molecule has 0 fully saturated rings. The van der Waals surface area contributed by atoms with Gasteiger partial charge in [-0.3, -0.25) is 0 Å². The van der Waals surface area contributed by atoms with E-state index in [1.54, 1.807) is 42.5 Å². The predicted octanol–water partition coefficient (Wildman–Crippen LogP) is 11.5. The van der Waals surface area contributed by atoms with E-state index in [0.29, 0.717) is 34.2 Å². The van der Waals surface area contributed by atoms with Crippen LogP contribution in [0.2, 0.25) is 0 Å². The number of hydrogen-bond acceptors (Lipinski definition) is 7. The molecule has 0 unspecified atom stereocenters. The first-order chi connectivity index (χ1) is 20.9. The zero-order chi connectivity index (χ0) is 35.5. The third-order valence-corrected chi connectivity index (χ3v) is 12.8. The highest BCUT2D eigenvalue weighted by atomic mass is 16.7. The van der Waals surface area contributed by atoms with Gasteiger partial charge in [-0.15, -0.1) is 0 Å². The van der Waals surface area contributed by atoms with Gasteiger partial charge in [0.1, 0.15) is 11.5 Å². The van der Waals surface area contributed by atoms with E-state index in [1.807, 2.05) is 13.8 Å². The summed E-state index contributed by atoms with van der Waals surface area (Å²) in [6, 6.07) is 14.3. The third kappa shape index (κ3) is 7.70. The fourth-order valence-corrected chi connectivity index (χ4v) is 6.29. The van der Waals surface area contributed by atoms with Crippen LogP contribution in [-0.4, -0.2) is 19.0 Å². The summed E-state index contributed by atoms with van der Waals surface area (Å²) in [7, 11) is -0.963. The van der Waals surface area contributed by atoms with Gasteiger partial charge in [-0.1, -0.05) is 83.1 Å². The lowest BCUT2D eigenvalue weighted by molar-refractivity contribution is -0.202. The van der Waals surface area contributed by atoms with Gasteiger partial charge in [-0.2, -0.15) is 10.4 Å². The molecule has 0 aliphatic carbocycles. The molecule has 0 bridgehead atoms. The van der Waals surface area contributed by atoms with E-state index >= 15 is 0 Å². The number of ether oxygens (including phenoxy) is 1. The lowest BCUT2D eigenvalue weighted by Crippen LogP contribution is -2.63. The van der Waals surface area contributed by atoms with Crippen LogP contribution in [0.15, 0.2) is 47.6 Å². The SMILES string of the molecule is CC(C)OB(OCc1cc(Oc2ccc(C#N)cc2)ccc1N=N)OC(C)(C)C(C)(C)C(C)(C)C(C)(C)C(C)(C)C(C)(C)C(C)C. The maximum Gasteiger partial charge on any atom is 0.640 e. The van der Waals surface area contributed by atoms with Crippen molar-refractivity contribution in [1.29, 1.82) is 10.8 Å². The van der Waals surface area contributed by atoms with E-state index in [4.69, 9.17) is 29.5 Å². The first kappa shape index (κ1) is 39.5. The summed E-state index contributed by atoms with van der Waals surface area (Å²) in [5, 5.41) is 12.8. The molecule has 8 heteroatoms. The maximum atomic E-state index is 9.09. The van der Waals surface area contributed by atoms with Crippen LogP contribution in [0.4, 0.5) is 5.69 Å². The highest BCUT2D eigenvalue weighted by Gasteiger charge is 2.63. The Bertz CT molecular complexity index is 1370. The van der Waals surface area contributed by atoms with Gasteiger partial charge in [0.25, 0.3) is 0 Å². The van der Waals surface area contributed by atoms with Crippen LogP contribution in [0.1, 0.15) is 122 Å². The van der Waals surface area contributed by atoms with Crippen molar-refractivity contribution in [3.05, 3.63) is 53.6 Å². The topological polar surface area (TPSA) is 96.9 Å². The zero-order valence-corrected chi connectivity index (χ0v) is 31.5. The summed E-state index contributed by atoms with van der Waals surface area (Å²) < 4.78 is 25.3. The Balaban J connectivity index is 2.38. The van der Waals surface area contributed by atoms with Crippen LogP contribution in [0.3, 0.4) is 0 Å². The van der Waals surface area contributed by atoms with Crippen molar-refractivity contribution in [2.45, 2.75) is 129 Å². The van der Waals surface area contributed by atoms with Gasteiger partial charge in [-0.05, 0) is 103 Å². The molecule has 254 valence electrons. The minimum atomic E-state index is -0.963.